The molecule has 0 spiro atoms. The van der Waals surface area contributed by atoms with Crippen LogP contribution in [-0.2, 0) is 7.05 Å². The average Bonchev–Trinajstić information content (AvgIpc) is 2.60. The van der Waals surface area contributed by atoms with Crippen LogP contribution in [0.2, 0.25) is 0 Å². The topological polar surface area (TPSA) is 94.0 Å². The number of aromatic carboxylic acids is 1. The van der Waals surface area contributed by atoms with Gasteiger partial charge in [-0.05, 0) is 30.8 Å². The van der Waals surface area contributed by atoms with Gasteiger partial charge in [-0.15, -0.1) is 0 Å². The molecule has 2 aromatic rings. The normalized spacial score (nSPS) is 10.6. The zero-order valence-electron chi connectivity index (χ0n) is 9.91. The van der Waals surface area contributed by atoms with Gasteiger partial charge >= 0.3 is 5.97 Å². The molecule has 3 N–H and O–H groups in total. The molecule has 0 saturated carbocycles. The number of carboxylic acid groups (broad SMARTS) is 1. The Labute approximate surface area is 108 Å². The highest BCUT2D eigenvalue weighted by Gasteiger charge is 2.14. The molecular weight excluding hydrogens is 252 g/mol. The van der Waals surface area contributed by atoms with Gasteiger partial charge < -0.3 is 10.8 Å². The predicted octanol–water partition coefficient (Wildman–Crippen LogP) is 1.56. The Morgan fingerprint density at radius 1 is 1.56 bits per heavy atom. The van der Waals surface area contributed by atoms with Crippen molar-refractivity contribution < 1.29 is 9.90 Å². The van der Waals surface area contributed by atoms with Gasteiger partial charge in [0.25, 0.3) is 0 Å². The molecule has 0 amide bonds. The van der Waals surface area contributed by atoms with E-state index in [0.717, 1.165) is 10.7 Å². The molecule has 0 aliphatic carbocycles. The van der Waals surface area contributed by atoms with E-state index in [-0.39, 0.29) is 11.3 Å². The second-order valence-corrected chi connectivity index (χ2v) is 4.74. The van der Waals surface area contributed by atoms with Crippen LogP contribution in [0, 0.1) is 6.92 Å². The number of nitrogens with zero attached hydrogens (tertiary/aromatic N) is 3. The average molecular weight is 264 g/mol. The maximum Gasteiger partial charge on any atom is 0.337 e. The van der Waals surface area contributed by atoms with E-state index in [4.69, 9.17) is 10.8 Å². The number of rotatable bonds is 3. The molecule has 2 aromatic heterocycles. The van der Waals surface area contributed by atoms with Gasteiger partial charge in [0.2, 0.25) is 0 Å². The molecular formula is C11H12N4O2S. The Balaban J connectivity index is 2.38. The first-order valence-electron chi connectivity index (χ1n) is 5.15. The zero-order chi connectivity index (χ0) is 13.3. The third-order valence-electron chi connectivity index (χ3n) is 2.34. The minimum absolute atomic E-state index is 0.0615. The lowest BCUT2D eigenvalue weighted by Crippen LogP contribution is -2.05. The van der Waals surface area contributed by atoms with Crippen LogP contribution in [0.1, 0.15) is 16.1 Å². The number of nitrogen functional groups attached to an aromatic ring is 1. The van der Waals surface area contributed by atoms with Crippen LogP contribution >= 0.6 is 11.8 Å². The van der Waals surface area contributed by atoms with Gasteiger partial charge in [-0.3, -0.25) is 4.68 Å². The summed E-state index contributed by atoms with van der Waals surface area (Å²) in [6.45, 7) is 1.88. The van der Waals surface area contributed by atoms with Crippen molar-refractivity contribution in [3.8, 4) is 0 Å². The number of anilines is 1. The van der Waals surface area contributed by atoms with Crippen molar-refractivity contribution in [3.63, 3.8) is 0 Å². The second-order valence-electron chi connectivity index (χ2n) is 3.73. The van der Waals surface area contributed by atoms with E-state index in [2.05, 4.69) is 10.1 Å². The van der Waals surface area contributed by atoms with E-state index in [9.17, 15) is 4.79 Å². The molecule has 7 heteroatoms. The first-order valence-corrected chi connectivity index (χ1v) is 5.97. The van der Waals surface area contributed by atoms with Crippen LogP contribution in [0.3, 0.4) is 0 Å². The smallest absolute Gasteiger partial charge is 0.337 e. The minimum atomic E-state index is -1.06. The molecule has 0 unspecified atom stereocenters. The molecule has 18 heavy (non-hydrogen) atoms. The van der Waals surface area contributed by atoms with Gasteiger partial charge in [0.05, 0.1) is 16.9 Å². The van der Waals surface area contributed by atoms with E-state index in [1.54, 1.807) is 4.68 Å². The van der Waals surface area contributed by atoms with E-state index >= 15 is 0 Å². The Kier molecular flexibility index (Phi) is 3.24. The number of hydrogen-bond acceptors (Lipinski definition) is 5. The van der Waals surface area contributed by atoms with E-state index < -0.39 is 5.97 Å². The van der Waals surface area contributed by atoms with Crippen molar-refractivity contribution in [2.24, 2.45) is 7.05 Å². The number of carboxylic acids is 1. The first-order chi connectivity index (χ1) is 8.49. The second kappa shape index (κ2) is 4.69. The Bertz CT molecular complexity index is 609. The molecule has 0 fully saturated rings. The lowest BCUT2D eigenvalue weighted by atomic mass is 10.2. The van der Waals surface area contributed by atoms with Crippen molar-refractivity contribution >= 4 is 23.4 Å². The van der Waals surface area contributed by atoms with Crippen molar-refractivity contribution in [3.05, 3.63) is 29.6 Å². The summed E-state index contributed by atoms with van der Waals surface area (Å²) in [4.78, 5) is 15.1. The lowest BCUT2D eigenvalue weighted by molar-refractivity contribution is 0.0697. The van der Waals surface area contributed by atoms with Crippen molar-refractivity contribution in [2.75, 3.05) is 5.73 Å². The largest absolute Gasteiger partial charge is 0.478 e. The lowest BCUT2D eigenvalue weighted by Gasteiger charge is -2.06. The quantitative estimate of drug-likeness (QED) is 0.873. The van der Waals surface area contributed by atoms with Crippen LogP contribution in [0.5, 0.6) is 0 Å². The molecule has 6 nitrogen and oxygen atoms in total. The number of pyridine rings is 1. The van der Waals surface area contributed by atoms with Crippen molar-refractivity contribution in [1.29, 1.82) is 0 Å². The van der Waals surface area contributed by atoms with Crippen LogP contribution in [0.4, 0.5) is 5.69 Å². The van der Waals surface area contributed by atoms with Gasteiger partial charge in [-0.1, -0.05) is 0 Å². The van der Waals surface area contributed by atoms with E-state index in [0.29, 0.717) is 5.03 Å². The molecule has 0 aromatic carbocycles. The number of hydrogen-bond donors (Lipinski definition) is 2. The fraction of sp³-hybridized carbons (Fsp3) is 0.182. The third kappa shape index (κ3) is 2.30. The molecule has 0 aliphatic rings. The fourth-order valence-corrected chi connectivity index (χ4v) is 2.44. The summed E-state index contributed by atoms with van der Waals surface area (Å²) in [5.74, 6) is -1.06. The summed E-state index contributed by atoms with van der Waals surface area (Å²) in [6, 6.07) is 3.27. The maximum absolute atomic E-state index is 11.0. The maximum atomic E-state index is 11.0. The summed E-state index contributed by atoms with van der Waals surface area (Å²) in [6.07, 6.45) is 1.44. The number of aromatic nitrogens is 3. The molecule has 0 saturated heterocycles. The molecule has 94 valence electrons. The highest BCUT2D eigenvalue weighted by Crippen LogP contribution is 2.31. The summed E-state index contributed by atoms with van der Waals surface area (Å²) in [7, 11) is 1.81. The van der Waals surface area contributed by atoms with Crippen LogP contribution in [-0.4, -0.2) is 25.8 Å². The molecule has 0 radical (unpaired) electrons. The summed E-state index contributed by atoms with van der Waals surface area (Å²) >= 11 is 1.29. The molecule has 2 rings (SSSR count). The number of aryl methyl sites for hydroxylation is 2. The van der Waals surface area contributed by atoms with E-state index in [1.165, 1.54) is 24.0 Å². The van der Waals surface area contributed by atoms with Gasteiger partial charge in [0.1, 0.15) is 10.1 Å². The van der Waals surface area contributed by atoms with Crippen LogP contribution in [0.15, 0.2) is 28.4 Å². The van der Waals surface area contributed by atoms with Gasteiger partial charge in [-0.2, -0.15) is 5.10 Å². The first kappa shape index (κ1) is 12.4. The van der Waals surface area contributed by atoms with Gasteiger partial charge in [0, 0.05) is 13.2 Å². The third-order valence-corrected chi connectivity index (χ3v) is 3.45. The standard InChI is InChI=1S/C11H12N4O2S/c1-6-5-8(15(2)14-6)18-10-9(12)7(11(16)17)3-4-13-10/h3-5H,12H2,1-2H3,(H,16,17). The van der Waals surface area contributed by atoms with Gasteiger partial charge in [-0.25, -0.2) is 9.78 Å². The zero-order valence-corrected chi connectivity index (χ0v) is 10.7. The SMILES string of the molecule is Cc1cc(Sc2nccc(C(=O)O)c2N)n(C)n1. The Morgan fingerprint density at radius 2 is 2.28 bits per heavy atom. The van der Waals surface area contributed by atoms with Crippen molar-refractivity contribution in [1.82, 2.24) is 14.8 Å². The van der Waals surface area contributed by atoms with Crippen LogP contribution < -0.4 is 5.73 Å². The van der Waals surface area contributed by atoms with Crippen molar-refractivity contribution in [2.45, 2.75) is 17.0 Å². The monoisotopic (exact) mass is 264 g/mol. The van der Waals surface area contributed by atoms with E-state index in [1.807, 2.05) is 20.0 Å². The summed E-state index contributed by atoms with van der Waals surface area (Å²) < 4.78 is 1.70. The summed E-state index contributed by atoms with van der Waals surface area (Å²) in [5.41, 5.74) is 6.91. The molecule has 0 bridgehead atoms. The number of nitrogens with two attached hydrogens (primary N) is 1. The highest BCUT2D eigenvalue weighted by atomic mass is 32.2. The molecule has 0 atom stereocenters. The van der Waals surface area contributed by atoms with Crippen LogP contribution in [0.25, 0.3) is 0 Å². The minimum Gasteiger partial charge on any atom is -0.478 e. The summed E-state index contributed by atoms with van der Waals surface area (Å²) in [5, 5.41) is 14.5. The molecule has 2 heterocycles. The fourth-order valence-electron chi connectivity index (χ4n) is 1.50. The Morgan fingerprint density at radius 3 is 2.83 bits per heavy atom. The number of carbonyl (C=O) groups is 1. The van der Waals surface area contributed by atoms with Gasteiger partial charge in [0.15, 0.2) is 0 Å². The predicted molar refractivity (Wildman–Crippen MR) is 67.7 cm³/mol. The Hall–Kier alpha value is -2.02. The highest BCUT2D eigenvalue weighted by molar-refractivity contribution is 7.99. The molecule has 0 aliphatic heterocycles.